The summed E-state index contributed by atoms with van der Waals surface area (Å²) in [6, 6.07) is 2.57. The van der Waals surface area contributed by atoms with Gasteiger partial charge in [0.05, 0.1) is 5.92 Å². The van der Waals surface area contributed by atoms with Crippen LogP contribution in [0.1, 0.15) is 54.9 Å². The number of aliphatic hydroxyl groups is 1. The maximum atomic E-state index is 12.9. The van der Waals surface area contributed by atoms with Gasteiger partial charge in [-0.15, -0.1) is 11.3 Å². The molecule has 1 saturated carbocycles. The van der Waals surface area contributed by atoms with E-state index < -0.39 is 0 Å². The van der Waals surface area contributed by atoms with Crippen LogP contribution in [0.25, 0.3) is 0 Å². The molecular weight excluding hydrogens is 270 g/mol. The summed E-state index contributed by atoms with van der Waals surface area (Å²) in [6.07, 6.45) is 7.47. The number of rotatable bonds is 5. The van der Waals surface area contributed by atoms with Crippen molar-refractivity contribution in [1.82, 2.24) is 4.90 Å². The molecule has 1 aromatic rings. The Balaban J connectivity index is 1.76. The van der Waals surface area contributed by atoms with Crippen LogP contribution in [-0.4, -0.2) is 35.1 Å². The number of carbonyl (C=O) groups is 1. The average Bonchev–Trinajstić information content (AvgIpc) is 2.88. The first kappa shape index (κ1) is 14.1. The molecule has 0 spiro atoms. The molecule has 1 fully saturated rings. The SMILES string of the molecule is O=C(C1CCCc2sccc21)N(CCCO)C1CCC1. The van der Waals surface area contributed by atoms with Gasteiger partial charge in [0.15, 0.2) is 0 Å². The van der Waals surface area contributed by atoms with Gasteiger partial charge in [-0.3, -0.25) is 4.79 Å². The first-order valence-corrected chi connectivity index (χ1v) is 8.67. The molecule has 0 radical (unpaired) electrons. The van der Waals surface area contributed by atoms with Crippen molar-refractivity contribution in [1.29, 1.82) is 0 Å². The molecule has 1 amide bonds. The maximum Gasteiger partial charge on any atom is 0.230 e. The minimum absolute atomic E-state index is 0.0734. The molecule has 1 unspecified atom stereocenters. The summed E-state index contributed by atoms with van der Waals surface area (Å²) in [6.45, 7) is 0.890. The zero-order chi connectivity index (χ0) is 13.9. The van der Waals surface area contributed by atoms with Gasteiger partial charge in [0.25, 0.3) is 0 Å². The van der Waals surface area contributed by atoms with Gasteiger partial charge in [0, 0.05) is 24.1 Å². The number of hydrogen-bond donors (Lipinski definition) is 1. The number of fused-ring (bicyclic) bond motifs is 1. The van der Waals surface area contributed by atoms with Gasteiger partial charge < -0.3 is 10.0 Å². The van der Waals surface area contributed by atoms with Crippen LogP contribution in [-0.2, 0) is 11.2 Å². The third-order valence-corrected chi connectivity index (χ3v) is 5.70. The molecule has 0 aromatic carbocycles. The van der Waals surface area contributed by atoms with Gasteiger partial charge in [-0.1, -0.05) is 0 Å². The van der Waals surface area contributed by atoms with E-state index in [1.165, 1.54) is 16.9 Å². The lowest BCUT2D eigenvalue weighted by Gasteiger charge is -2.40. The lowest BCUT2D eigenvalue weighted by molar-refractivity contribution is -0.137. The molecule has 0 bridgehead atoms. The van der Waals surface area contributed by atoms with Crippen molar-refractivity contribution in [2.24, 2.45) is 0 Å². The molecule has 3 rings (SSSR count). The summed E-state index contributed by atoms with van der Waals surface area (Å²) in [7, 11) is 0. The lowest BCUT2D eigenvalue weighted by atomic mass is 9.84. The highest BCUT2D eigenvalue weighted by Gasteiger charge is 2.35. The summed E-state index contributed by atoms with van der Waals surface area (Å²) in [4.78, 5) is 16.4. The van der Waals surface area contributed by atoms with E-state index >= 15 is 0 Å². The van der Waals surface area contributed by atoms with E-state index in [2.05, 4.69) is 16.3 Å². The Hall–Kier alpha value is -0.870. The molecule has 110 valence electrons. The van der Waals surface area contributed by atoms with E-state index in [9.17, 15) is 4.79 Å². The number of carbonyl (C=O) groups excluding carboxylic acids is 1. The fourth-order valence-electron chi connectivity index (χ4n) is 3.36. The smallest absolute Gasteiger partial charge is 0.230 e. The Morgan fingerprint density at radius 3 is 2.90 bits per heavy atom. The minimum Gasteiger partial charge on any atom is -0.396 e. The second-order valence-electron chi connectivity index (χ2n) is 5.94. The highest BCUT2D eigenvalue weighted by Crippen LogP contribution is 2.37. The second kappa shape index (κ2) is 6.27. The molecule has 3 nitrogen and oxygen atoms in total. The zero-order valence-corrected chi connectivity index (χ0v) is 12.7. The Labute approximate surface area is 124 Å². The summed E-state index contributed by atoms with van der Waals surface area (Å²) < 4.78 is 0. The number of thiophene rings is 1. The Morgan fingerprint density at radius 2 is 2.20 bits per heavy atom. The standard InChI is InChI=1S/C16H23NO2S/c18-10-3-9-17(12-4-1-5-12)16(19)14-6-2-7-15-13(14)8-11-20-15/h8,11-12,14,18H,1-7,9-10H2. The van der Waals surface area contributed by atoms with Crippen LogP contribution in [0.5, 0.6) is 0 Å². The first-order valence-electron chi connectivity index (χ1n) is 7.79. The van der Waals surface area contributed by atoms with Gasteiger partial charge in [-0.25, -0.2) is 0 Å². The van der Waals surface area contributed by atoms with Gasteiger partial charge >= 0.3 is 0 Å². The van der Waals surface area contributed by atoms with Gasteiger partial charge in [-0.05, 0) is 62.0 Å². The molecule has 2 aliphatic rings. The van der Waals surface area contributed by atoms with Crippen LogP contribution in [0.15, 0.2) is 11.4 Å². The predicted molar refractivity (Wildman–Crippen MR) is 81.1 cm³/mol. The Morgan fingerprint density at radius 1 is 1.35 bits per heavy atom. The van der Waals surface area contributed by atoms with Crippen molar-refractivity contribution < 1.29 is 9.90 Å². The molecular formula is C16H23NO2S. The van der Waals surface area contributed by atoms with Crippen molar-refractivity contribution >= 4 is 17.2 Å². The quantitative estimate of drug-likeness (QED) is 0.907. The Kier molecular flexibility index (Phi) is 4.41. The van der Waals surface area contributed by atoms with Crippen LogP contribution in [0.4, 0.5) is 0 Å². The van der Waals surface area contributed by atoms with Gasteiger partial charge in [0.2, 0.25) is 5.91 Å². The fourth-order valence-corrected chi connectivity index (χ4v) is 4.34. The number of nitrogens with zero attached hydrogens (tertiary/aromatic N) is 1. The van der Waals surface area contributed by atoms with E-state index in [0.29, 0.717) is 18.4 Å². The highest BCUT2D eigenvalue weighted by molar-refractivity contribution is 7.10. The average molecular weight is 293 g/mol. The molecule has 1 N–H and O–H groups in total. The topological polar surface area (TPSA) is 40.5 Å². The summed E-state index contributed by atoms with van der Waals surface area (Å²) in [5, 5.41) is 11.2. The molecule has 1 aromatic heterocycles. The summed E-state index contributed by atoms with van der Waals surface area (Å²) >= 11 is 1.79. The van der Waals surface area contributed by atoms with Crippen molar-refractivity contribution in [2.45, 2.75) is 56.9 Å². The first-order chi connectivity index (χ1) is 9.81. The maximum absolute atomic E-state index is 12.9. The molecule has 1 heterocycles. The van der Waals surface area contributed by atoms with E-state index in [-0.39, 0.29) is 12.5 Å². The van der Waals surface area contributed by atoms with Crippen molar-refractivity contribution in [3.05, 3.63) is 21.9 Å². The summed E-state index contributed by atoms with van der Waals surface area (Å²) in [5.41, 5.74) is 1.28. The number of hydrogen-bond acceptors (Lipinski definition) is 3. The monoisotopic (exact) mass is 293 g/mol. The largest absolute Gasteiger partial charge is 0.396 e. The van der Waals surface area contributed by atoms with Crippen LogP contribution >= 0.6 is 11.3 Å². The van der Waals surface area contributed by atoms with E-state index in [1.807, 2.05) is 0 Å². The number of aryl methyl sites for hydroxylation is 1. The van der Waals surface area contributed by atoms with E-state index in [1.54, 1.807) is 11.3 Å². The lowest BCUT2D eigenvalue weighted by Crippen LogP contribution is -2.47. The third-order valence-electron chi connectivity index (χ3n) is 4.71. The van der Waals surface area contributed by atoms with Crippen molar-refractivity contribution in [2.75, 3.05) is 13.2 Å². The number of aliphatic hydroxyl groups excluding tert-OH is 1. The van der Waals surface area contributed by atoms with Crippen molar-refractivity contribution in [3.8, 4) is 0 Å². The molecule has 1 atom stereocenters. The normalized spacial score (nSPS) is 22.1. The van der Waals surface area contributed by atoms with Gasteiger partial charge in [-0.2, -0.15) is 0 Å². The molecule has 2 aliphatic carbocycles. The second-order valence-corrected chi connectivity index (χ2v) is 6.94. The third kappa shape index (κ3) is 2.63. The molecule has 0 saturated heterocycles. The predicted octanol–water partition coefficient (Wildman–Crippen LogP) is 2.93. The molecule has 0 aliphatic heterocycles. The minimum atomic E-state index is 0.0734. The highest BCUT2D eigenvalue weighted by atomic mass is 32.1. The van der Waals surface area contributed by atoms with Crippen molar-refractivity contribution in [3.63, 3.8) is 0 Å². The van der Waals surface area contributed by atoms with Crippen LogP contribution in [0, 0.1) is 0 Å². The Bertz CT molecular complexity index is 467. The van der Waals surface area contributed by atoms with E-state index in [0.717, 1.165) is 38.6 Å². The van der Waals surface area contributed by atoms with Crippen LogP contribution in [0.2, 0.25) is 0 Å². The van der Waals surface area contributed by atoms with E-state index in [4.69, 9.17) is 5.11 Å². The fraction of sp³-hybridized carbons (Fsp3) is 0.688. The van der Waals surface area contributed by atoms with Crippen LogP contribution in [0.3, 0.4) is 0 Å². The summed E-state index contributed by atoms with van der Waals surface area (Å²) in [5.74, 6) is 0.381. The van der Waals surface area contributed by atoms with Crippen LogP contribution < -0.4 is 0 Å². The van der Waals surface area contributed by atoms with Gasteiger partial charge in [0.1, 0.15) is 0 Å². The number of amides is 1. The molecule has 20 heavy (non-hydrogen) atoms. The zero-order valence-electron chi connectivity index (χ0n) is 11.9. The molecule has 4 heteroatoms.